The van der Waals surface area contributed by atoms with Crippen LogP contribution in [-0.2, 0) is 4.79 Å². The first kappa shape index (κ1) is 10.4. The van der Waals surface area contributed by atoms with Gasteiger partial charge in [0.1, 0.15) is 6.29 Å². The largest absolute Gasteiger partial charge is 0.376 e. The number of rotatable bonds is 1. The van der Waals surface area contributed by atoms with Crippen molar-refractivity contribution in [2.75, 3.05) is 5.32 Å². The van der Waals surface area contributed by atoms with Crippen molar-refractivity contribution in [3.05, 3.63) is 34.3 Å². The highest BCUT2D eigenvalue weighted by Gasteiger charge is 2.23. The summed E-state index contributed by atoms with van der Waals surface area (Å²) < 4.78 is 1.01. The Morgan fingerprint density at radius 3 is 2.80 bits per heavy atom. The molecule has 0 aliphatic carbocycles. The third kappa shape index (κ3) is 1.97. The quantitative estimate of drug-likeness (QED) is 0.790. The van der Waals surface area contributed by atoms with Gasteiger partial charge in [0, 0.05) is 21.3 Å². The molecule has 78 valence electrons. The summed E-state index contributed by atoms with van der Waals surface area (Å²) in [6.45, 7) is 4.08. The lowest BCUT2D eigenvalue weighted by Crippen LogP contribution is -2.31. The number of anilines is 1. The van der Waals surface area contributed by atoms with Crippen LogP contribution in [0.3, 0.4) is 0 Å². The molecule has 0 bridgehead atoms. The third-order valence-electron chi connectivity index (χ3n) is 2.39. The highest BCUT2D eigenvalue weighted by Crippen LogP contribution is 2.34. The molecule has 3 heteroatoms. The van der Waals surface area contributed by atoms with Gasteiger partial charge in [0.25, 0.3) is 0 Å². The van der Waals surface area contributed by atoms with Crippen molar-refractivity contribution in [1.82, 2.24) is 0 Å². The zero-order valence-corrected chi connectivity index (χ0v) is 10.3. The number of carbonyl (C=O) groups is 1. The van der Waals surface area contributed by atoms with Crippen molar-refractivity contribution in [2.45, 2.75) is 19.4 Å². The predicted molar refractivity (Wildman–Crippen MR) is 65.9 cm³/mol. The maximum absolute atomic E-state index is 11.0. The van der Waals surface area contributed by atoms with E-state index in [2.05, 4.69) is 21.2 Å². The summed E-state index contributed by atoms with van der Waals surface area (Å²) in [5, 5.41) is 3.38. The van der Waals surface area contributed by atoms with E-state index in [1.807, 2.05) is 38.1 Å². The molecule has 0 spiro atoms. The van der Waals surface area contributed by atoms with E-state index in [4.69, 9.17) is 0 Å². The number of hydrogen-bond donors (Lipinski definition) is 1. The summed E-state index contributed by atoms with van der Waals surface area (Å²) in [4.78, 5) is 11.0. The fraction of sp³-hybridized carbons (Fsp3) is 0.250. The van der Waals surface area contributed by atoms with E-state index in [0.717, 1.165) is 27.6 Å². The molecule has 0 radical (unpaired) electrons. The first-order valence-corrected chi connectivity index (χ1v) is 5.57. The van der Waals surface area contributed by atoms with Gasteiger partial charge in [-0.3, -0.25) is 4.79 Å². The average Bonchev–Trinajstić information content (AvgIpc) is 2.14. The van der Waals surface area contributed by atoms with E-state index in [-0.39, 0.29) is 5.54 Å². The lowest BCUT2D eigenvalue weighted by Gasteiger charge is -2.30. The molecule has 0 unspecified atom stereocenters. The molecule has 0 amide bonds. The van der Waals surface area contributed by atoms with Gasteiger partial charge in [-0.2, -0.15) is 0 Å². The molecule has 1 N–H and O–H groups in total. The summed E-state index contributed by atoms with van der Waals surface area (Å²) in [5.74, 6) is 0. The number of halogens is 1. The SMILES string of the molecule is CC1(C)C=C(C=O)c2ccc(Br)cc2N1. The van der Waals surface area contributed by atoms with E-state index < -0.39 is 0 Å². The summed E-state index contributed by atoms with van der Waals surface area (Å²) in [6, 6.07) is 5.88. The van der Waals surface area contributed by atoms with Crippen LogP contribution in [0, 0.1) is 0 Å². The van der Waals surface area contributed by atoms with E-state index >= 15 is 0 Å². The Balaban J connectivity index is 2.60. The van der Waals surface area contributed by atoms with Gasteiger partial charge < -0.3 is 5.32 Å². The van der Waals surface area contributed by atoms with Crippen LogP contribution in [-0.4, -0.2) is 11.8 Å². The number of fused-ring (bicyclic) bond motifs is 1. The van der Waals surface area contributed by atoms with E-state index in [1.54, 1.807) is 0 Å². The van der Waals surface area contributed by atoms with Gasteiger partial charge in [0.2, 0.25) is 0 Å². The maximum Gasteiger partial charge on any atom is 0.150 e. The molecule has 0 atom stereocenters. The minimum atomic E-state index is -0.177. The first-order chi connectivity index (χ1) is 7.02. The second-order valence-electron chi connectivity index (χ2n) is 4.25. The predicted octanol–water partition coefficient (Wildman–Crippen LogP) is 3.24. The Morgan fingerprint density at radius 1 is 1.40 bits per heavy atom. The van der Waals surface area contributed by atoms with Gasteiger partial charge in [-0.1, -0.05) is 22.0 Å². The van der Waals surface area contributed by atoms with Crippen LogP contribution >= 0.6 is 15.9 Å². The molecule has 1 aliphatic heterocycles. The monoisotopic (exact) mass is 265 g/mol. The van der Waals surface area contributed by atoms with E-state index in [0.29, 0.717) is 0 Å². The van der Waals surface area contributed by atoms with Crippen molar-refractivity contribution in [3.8, 4) is 0 Å². The van der Waals surface area contributed by atoms with Gasteiger partial charge in [0.15, 0.2) is 0 Å². The summed E-state index contributed by atoms with van der Waals surface area (Å²) >= 11 is 3.42. The zero-order chi connectivity index (χ0) is 11.1. The van der Waals surface area contributed by atoms with Crippen molar-refractivity contribution in [1.29, 1.82) is 0 Å². The summed E-state index contributed by atoms with van der Waals surface area (Å²) in [6.07, 6.45) is 2.87. The van der Waals surface area contributed by atoms with Gasteiger partial charge in [0.05, 0.1) is 5.54 Å². The van der Waals surface area contributed by atoms with Crippen molar-refractivity contribution in [3.63, 3.8) is 0 Å². The van der Waals surface area contributed by atoms with Crippen LogP contribution < -0.4 is 5.32 Å². The van der Waals surface area contributed by atoms with Gasteiger partial charge in [-0.15, -0.1) is 0 Å². The summed E-state index contributed by atoms with van der Waals surface area (Å²) in [7, 11) is 0. The number of nitrogens with one attached hydrogen (secondary N) is 1. The Morgan fingerprint density at radius 2 is 2.13 bits per heavy atom. The summed E-state index contributed by atoms with van der Waals surface area (Å²) in [5.41, 5.74) is 2.54. The molecule has 15 heavy (non-hydrogen) atoms. The number of carbonyl (C=O) groups excluding carboxylic acids is 1. The minimum absolute atomic E-state index is 0.177. The molecule has 0 saturated carbocycles. The van der Waals surface area contributed by atoms with Gasteiger partial charge in [-0.05, 0) is 32.1 Å². The van der Waals surface area contributed by atoms with Crippen molar-refractivity contribution in [2.24, 2.45) is 0 Å². The molecule has 1 aromatic rings. The molecule has 2 nitrogen and oxygen atoms in total. The van der Waals surface area contributed by atoms with Gasteiger partial charge >= 0.3 is 0 Å². The topological polar surface area (TPSA) is 29.1 Å². The Labute approximate surface area is 97.5 Å². The van der Waals surface area contributed by atoms with Crippen molar-refractivity contribution < 1.29 is 4.79 Å². The lowest BCUT2D eigenvalue weighted by atomic mass is 9.91. The van der Waals surface area contributed by atoms with Crippen LogP contribution in [0.15, 0.2) is 28.7 Å². The van der Waals surface area contributed by atoms with Crippen LogP contribution in [0.4, 0.5) is 5.69 Å². The van der Waals surface area contributed by atoms with E-state index in [1.165, 1.54) is 0 Å². The van der Waals surface area contributed by atoms with Crippen LogP contribution in [0.1, 0.15) is 19.4 Å². The molecule has 1 heterocycles. The van der Waals surface area contributed by atoms with Crippen LogP contribution in [0.2, 0.25) is 0 Å². The Bertz CT molecular complexity index is 449. The maximum atomic E-state index is 11.0. The molecule has 1 aromatic carbocycles. The normalized spacial score (nSPS) is 17.4. The lowest BCUT2D eigenvalue weighted by molar-refractivity contribution is -0.103. The van der Waals surface area contributed by atoms with Crippen LogP contribution in [0.5, 0.6) is 0 Å². The molecule has 1 aliphatic rings. The Hall–Kier alpha value is -1.09. The highest BCUT2D eigenvalue weighted by molar-refractivity contribution is 9.10. The fourth-order valence-electron chi connectivity index (χ4n) is 1.82. The molecule has 0 fully saturated rings. The zero-order valence-electron chi connectivity index (χ0n) is 8.67. The number of hydrogen-bond acceptors (Lipinski definition) is 2. The van der Waals surface area contributed by atoms with Gasteiger partial charge in [-0.25, -0.2) is 0 Å². The van der Waals surface area contributed by atoms with Crippen LogP contribution in [0.25, 0.3) is 5.57 Å². The number of benzene rings is 1. The molecular formula is C12H12BrNO. The third-order valence-corrected chi connectivity index (χ3v) is 2.89. The second kappa shape index (κ2) is 3.49. The Kier molecular flexibility index (Phi) is 2.43. The number of aldehydes is 1. The molecule has 2 rings (SSSR count). The molecular weight excluding hydrogens is 254 g/mol. The number of allylic oxidation sites excluding steroid dienone is 1. The minimum Gasteiger partial charge on any atom is -0.376 e. The van der Waals surface area contributed by atoms with Crippen molar-refractivity contribution >= 4 is 33.5 Å². The second-order valence-corrected chi connectivity index (χ2v) is 5.17. The van der Waals surface area contributed by atoms with E-state index in [9.17, 15) is 4.79 Å². The standard InChI is InChI=1S/C12H12BrNO/c1-12(2)6-8(7-15)10-4-3-9(13)5-11(10)14-12/h3-7,14H,1-2H3. The molecule has 0 saturated heterocycles. The smallest absolute Gasteiger partial charge is 0.150 e. The highest BCUT2D eigenvalue weighted by atomic mass is 79.9. The first-order valence-electron chi connectivity index (χ1n) is 4.78. The molecule has 0 aromatic heterocycles. The fourth-order valence-corrected chi connectivity index (χ4v) is 2.18. The average molecular weight is 266 g/mol.